The van der Waals surface area contributed by atoms with Gasteiger partial charge in [-0.15, -0.1) is 0 Å². The number of nitrogens with zero attached hydrogens (tertiary/aromatic N) is 2. The van der Waals surface area contributed by atoms with E-state index in [1.807, 2.05) is 4.52 Å². The lowest BCUT2D eigenvalue weighted by Gasteiger charge is -2.20. The van der Waals surface area contributed by atoms with Crippen LogP contribution in [-0.4, -0.2) is 27.8 Å². The minimum Gasteiger partial charge on any atom is -0.381 e. The lowest BCUT2D eigenvalue weighted by atomic mass is 9.97. The molecule has 19 heavy (non-hydrogen) atoms. The summed E-state index contributed by atoms with van der Waals surface area (Å²) in [4.78, 5) is 4.77. The molecule has 1 aliphatic carbocycles. The van der Waals surface area contributed by atoms with Crippen molar-refractivity contribution in [2.75, 3.05) is 13.2 Å². The maximum absolute atomic E-state index is 5.60. The third kappa shape index (κ3) is 1.83. The number of nitrogens with one attached hydrogen (secondary N) is 1. The fourth-order valence-electron chi connectivity index (χ4n) is 3.23. The first-order chi connectivity index (χ1) is 9.33. The minimum absolute atomic E-state index is 0.555. The molecule has 1 saturated heterocycles. The Morgan fingerprint density at radius 2 is 2.16 bits per heavy atom. The van der Waals surface area contributed by atoms with E-state index in [0.717, 1.165) is 49.2 Å². The van der Waals surface area contributed by atoms with E-state index in [9.17, 15) is 0 Å². The minimum atomic E-state index is 0.555. The van der Waals surface area contributed by atoms with E-state index in [1.54, 1.807) is 0 Å². The molecule has 0 aromatic carbocycles. The van der Waals surface area contributed by atoms with Gasteiger partial charge in [-0.05, 0) is 32.1 Å². The van der Waals surface area contributed by atoms with Gasteiger partial charge in [0.25, 0.3) is 0 Å². The standard InChI is InChI=1S/C14H17N3OS/c19-14-10-2-1-3-11(10)15-13-8-12(16-17(13)14)9-4-6-18-7-5-9/h8-9,16H,1-7H2. The van der Waals surface area contributed by atoms with Gasteiger partial charge in [0.15, 0.2) is 5.65 Å². The van der Waals surface area contributed by atoms with Gasteiger partial charge in [0.05, 0.1) is 0 Å². The molecule has 2 aromatic rings. The molecule has 1 N–H and O–H groups in total. The Labute approximate surface area is 116 Å². The van der Waals surface area contributed by atoms with Crippen LogP contribution in [0.3, 0.4) is 0 Å². The third-order valence-electron chi connectivity index (χ3n) is 4.32. The number of hydrogen-bond acceptors (Lipinski definition) is 3. The smallest absolute Gasteiger partial charge is 0.154 e. The molecule has 4 rings (SSSR count). The Morgan fingerprint density at radius 3 is 3.00 bits per heavy atom. The highest BCUT2D eigenvalue weighted by Crippen LogP contribution is 2.28. The molecule has 100 valence electrons. The van der Waals surface area contributed by atoms with E-state index in [1.165, 1.54) is 23.4 Å². The van der Waals surface area contributed by atoms with Crippen molar-refractivity contribution in [2.24, 2.45) is 0 Å². The van der Waals surface area contributed by atoms with Crippen LogP contribution in [0, 0.1) is 4.64 Å². The first-order valence-electron chi connectivity index (χ1n) is 7.04. The third-order valence-corrected chi connectivity index (χ3v) is 4.74. The van der Waals surface area contributed by atoms with Gasteiger partial charge in [-0.3, -0.25) is 5.10 Å². The van der Waals surface area contributed by atoms with Crippen molar-refractivity contribution in [2.45, 2.75) is 38.0 Å². The van der Waals surface area contributed by atoms with Crippen LogP contribution in [0.4, 0.5) is 0 Å². The van der Waals surface area contributed by atoms with Crippen molar-refractivity contribution in [3.05, 3.63) is 27.7 Å². The summed E-state index contributed by atoms with van der Waals surface area (Å²) >= 11 is 5.60. The van der Waals surface area contributed by atoms with Crippen molar-refractivity contribution in [3.63, 3.8) is 0 Å². The van der Waals surface area contributed by atoms with Crippen LogP contribution in [-0.2, 0) is 17.6 Å². The predicted molar refractivity (Wildman–Crippen MR) is 75.2 cm³/mol. The summed E-state index contributed by atoms with van der Waals surface area (Å²) in [6, 6.07) is 2.17. The first kappa shape index (κ1) is 11.6. The highest BCUT2D eigenvalue weighted by atomic mass is 32.1. The molecular formula is C14H17N3OS. The topological polar surface area (TPSA) is 42.3 Å². The molecule has 0 amide bonds. The lowest BCUT2D eigenvalue weighted by molar-refractivity contribution is 0.0844. The summed E-state index contributed by atoms with van der Waals surface area (Å²) in [7, 11) is 0. The van der Waals surface area contributed by atoms with Crippen LogP contribution in [0.1, 0.15) is 42.1 Å². The van der Waals surface area contributed by atoms with Gasteiger partial charge in [-0.2, -0.15) is 0 Å². The zero-order chi connectivity index (χ0) is 12.8. The van der Waals surface area contributed by atoms with Gasteiger partial charge < -0.3 is 4.74 Å². The molecule has 3 heterocycles. The number of H-pyrrole nitrogens is 1. The number of aromatic amines is 1. The molecule has 1 aliphatic heterocycles. The van der Waals surface area contributed by atoms with Crippen LogP contribution in [0.2, 0.25) is 0 Å². The monoisotopic (exact) mass is 275 g/mol. The van der Waals surface area contributed by atoms with Crippen LogP contribution in [0.15, 0.2) is 6.07 Å². The van der Waals surface area contributed by atoms with Crippen molar-refractivity contribution < 1.29 is 4.74 Å². The summed E-state index contributed by atoms with van der Waals surface area (Å²) in [6.45, 7) is 1.71. The Hall–Kier alpha value is -1.20. The average Bonchev–Trinajstić information content (AvgIpc) is 3.06. The molecule has 0 saturated carbocycles. The normalized spacial score (nSPS) is 20.0. The lowest BCUT2D eigenvalue weighted by Crippen LogP contribution is -2.14. The van der Waals surface area contributed by atoms with E-state index in [0.29, 0.717) is 5.92 Å². The maximum atomic E-state index is 5.60. The first-order valence-corrected chi connectivity index (χ1v) is 7.45. The highest BCUT2D eigenvalue weighted by molar-refractivity contribution is 7.71. The molecule has 5 heteroatoms. The van der Waals surface area contributed by atoms with Gasteiger partial charge in [0.2, 0.25) is 0 Å². The number of hydrogen-bond donors (Lipinski definition) is 1. The fourth-order valence-corrected chi connectivity index (χ4v) is 3.59. The number of rotatable bonds is 1. The number of aromatic nitrogens is 3. The molecule has 1 fully saturated rings. The Morgan fingerprint density at radius 1 is 1.32 bits per heavy atom. The van der Waals surface area contributed by atoms with E-state index in [2.05, 4.69) is 11.2 Å². The average molecular weight is 275 g/mol. The molecule has 2 aromatic heterocycles. The second-order valence-corrected chi connectivity index (χ2v) is 5.87. The van der Waals surface area contributed by atoms with Crippen LogP contribution in [0.5, 0.6) is 0 Å². The Bertz CT molecular complexity index is 682. The summed E-state index contributed by atoms with van der Waals surface area (Å²) < 4.78 is 8.34. The van der Waals surface area contributed by atoms with Crippen LogP contribution < -0.4 is 0 Å². The van der Waals surface area contributed by atoms with Gasteiger partial charge in [-0.1, -0.05) is 12.2 Å². The predicted octanol–water partition coefficient (Wildman–Crippen LogP) is 2.77. The number of ether oxygens (including phenoxy) is 1. The van der Waals surface area contributed by atoms with Crippen molar-refractivity contribution in [1.82, 2.24) is 14.6 Å². The highest BCUT2D eigenvalue weighted by Gasteiger charge is 2.21. The van der Waals surface area contributed by atoms with Crippen LogP contribution >= 0.6 is 12.2 Å². The van der Waals surface area contributed by atoms with Gasteiger partial charge in [0, 0.05) is 42.1 Å². The SMILES string of the molecule is S=c1c2c(nc3cc(C4CCOCC4)[nH]n13)CCC2. The molecule has 4 nitrogen and oxygen atoms in total. The summed E-state index contributed by atoms with van der Waals surface area (Å²) in [5.74, 6) is 0.555. The van der Waals surface area contributed by atoms with Gasteiger partial charge >= 0.3 is 0 Å². The van der Waals surface area contributed by atoms with E-state index < -0.39 is 0 Å². The second-order valence-electron chi connectivity index (χ2n) is 5.49. The fraction of sp³-hybridized carbons (Fsp3) is 0.571. The molecule has 0 radical (unpaired) electrons. The largest absolute Gasteiger partial charge is 0.381 e. The molecule has 2 aliphatic rings. The maximum Gasteiger partial charge on any atom is 0.154 e. The number of aryl methyl sites for hydroxylation is 1. The van der Waals surface area contributed by atoms with Gasteiger partial charge in [-0.25, -0.2) is 9.50 Å². The van der Waals surface area contributed by atoms with Crippen molar-refractivity contribution in [3.8, 4) is 0 Å². The quantitative estimate of drug-likeness (QED) is 0.814. The van der Waals surface area contributed by atoms with Gasteiger partial charge in [0.1, 0.15) is 4.64 Å². The molecule has 0 spiro atoms. The number of fused-ring (bicyclic) bond motifs is 2. The van der Waals surface area contributed by atoms with Crippen LogP contribution in [0.25, 0.3) is 5.65 Å². The summed E-state index contributed by atoms with van der Waals surface area (Å²) in [6.07, 6.45) is 5.51. The summed E-state index contributed by atoms with van der Waals surface area (Å²) in [5.41, 5.74) is 4.72. The van der Waals surface area contributed by atoms with Crippen molar-refractivity contribution in [1.29, 1.82) is 0 Å². The van der Waals surface area contributed by atoms with E-state index >= 15 is 0 Å². The molecular weight excluding hydrogens is 258 g/mol. The molecule has 0 atom stereocenters. The van der Waals surface area contributed by atoms with Crippen molar-refractivity contribution >= 4 is 17.9 Å². The second kappa shape index (κ2) is 4.42. The zero-order valence-electron chi connectivity index (χ0n) is 10.8. The molecule has 0 bridgehead atoms. The summed E-state index contributed by atoms with van der Waals surface area (Å²) in [5, 5.41) is 3.46. The molecule has 0 unspecified atom stereocenters. The van der Waals surface area contributed by atoms with E-state index in [-0.39, 0.29) is 0 Å². The van der Waals surface area contributed by atoms with E-state index in [4.69, 9.17) is 21.9 Å². The zero-order valence-corrected chi connectivity index (χ0v) is 11.6. The Kier molecular flexibility index (Phi) is 2.70. The Balaban J connectivity index is 1.83.